The number of benzene rings is 1. The molecule has 0 spiro atoms. The predicted molar refractivity (Wildman–Crippen MR) is 92.1 cm³/mol. The molecule has 1 rings (SSSR count). The van der Waals surface area contributed by atoms with Crippen LogP contribution in [0.2, 0.25) is 0 Å². The van der Waals surface area contributed by atoms with Gasteiger partial charge in [-0.15, -0.1) is 0 Å². The highest BCUT2D eigenvalue weighted by Crippen LogP contribution is 2.29. The van der Waals surface area contributed by atoms with Gasteiger partial charge in [0.1, 0.15) is 13.2 Å². The second kappa shape index (κ2) is 8.13. The molecule has 0 aliphatic heterocycles. The number of hydrogen-bond donors (Lipinski definition) is 2. The van der Waals surface area contributed by atoms with Gasteiger partial charge in [-0.1, -0.05) is 93.9 Å². The SMILES string of the molecule is N=C(OCc1ccc(COC(=N)C(Cl)(Cl)Cl)cc1)C(Cl)(Cl)Cl. The molecule has 0 amide bonds. The Morgan fingerprint density at radius 3 is 1.23 bits per heavy atom. The molecule has 0 aromatic heterocycles. The molecule has 0 bridgehead atoms. The normalized spacial score (nSPS) is 11.9. The summed E-state index contributed by atoms with van der Waals surface area (Å²) in [5.74, 6) is -0.915. The van der Waals surface area contributed by atoms with Crippen molar-refractivity contribution in [3.63, 3.8) is 0 Å². The van der Waals surface area contributed by atoms with E-state index < -0.39 is 19.4 Å². The molecule has 122 valence electrons. The largest absolute Gasteiger partial charge is 0.473 e. The summed E-state index contributed by atoms with van der Waals surface area (Å²) >= 11 is 33.0. The van der Waals surface area contributed by atoms with Crippen LogP contribution < -0.4 is 0 Å². The number of hydrogen-bond acceptors (Lipinski definition) is 4. The van der Waals surface area contributed by atoms with Gasteiger partial charge in [-0.25, -0.2) is 0 Å². The maximum Gasteiger partial charge on any atom is 0.265 e. The first kappa shape index (κ1) is 19.9. The molecule has 2 N–H and O–H groups in total. The molecule has 0 unspecified atom stereocenters. The van der Waals surface area contributed by atoms with Crippen molar-refractivity contribution in [1.82, 2.24) is 0 Å². The Bertz CT molecular complexity index is 487. The molecular formula is C12H10Cl6N2O2. The summed E-state index contributed by atoms with van der Waals surface area (Å²) < 4.78 is 6.32. The fourth-order valence-electron chi connectivity index (χ4n) is 1.21. The minimum atomic E-state index is -1.88. The quantitative estimate of drug-likeness (QED) is 0.383. The van der Waals surface area contributed by atoms with E-state index in [2.05, 4.69) is 0 Å². The molecule has 0 radical (unpaired) electrons. The van der Waals surface area contributed by atoms with Crippen LogP contribution in [0.1, 0.15) is 11.1 Å². The summed E-state index contributed by atoms with van der Waals surface area (Å²) in [4.78, 5) is 0. The zero-order chi connectivity index (χ0) is 17.0. The van der Waals surface area contributed by atoms with Crippen molar-refractivity contribution in [1.29, 1.82) is 10.8 Å². The van der Waals surface area contributed by atoms with Crippen LogP contribution in [0.5, 0.6) is 0 Å². The molecule has 0 saturated heterocycles. The maximum atomic E-state index is 7.40. The van der Waals surface area contributed by atoms with Crippen LogP contribution in [0.25, 0.3) is 0 Å². The van der Waals surface area contributed by atoms with Crippen LogP contribution in [-0.4, -0.2) is 19.4 Å². The minimum absolute atomic E-state index is 0.0812. The van der Waals surface area contributed by atoms with Crippen LogP contribution in [0.4, 0.5) is 0 Å². The maximum absolute atomic E-state index is 7.40. The third-order valence-electron chi connectivity index (χ3n) is 2.30. The molecule has 0 saturated carbocycles. The first-order valence-electron chi connectivity index (χ1n) is 5.65. The van der Waals surface area contributed by atoms with Gasteiger partial charge in [0.2, 0.25) is 11.8 Å². The Kier molecular flexibility index (Phi) is 7.37. The predicted octanol–water partition coefficient (Wildman–Crippen LogP) is 5.41. The van der Waals surface area contributed by atoms with Crippen molar-refractivity contribution in [2.75, 3.05) is 0 Å². The summed E-state index contributed by atoms with van der Waals surface area (Å²) in [6.45, 7) is 0.162. The summed E-state index contributed by atoms with van der Waals surface area (Å²) in [7, 11) is 0. The van der Waals surface area contributed by atoms with Crippen molar-refractivity contribution in [2.24, 2.45) is 0 Å². The van der Waals surface area contributed by atoms with Crippen LogP contribution >= 0.6 is 69.6 Å². The Labute approximate surface area is 157 Å². The van der Waals surface area contributed by atoms with Crippen LogP contribution in [0, 0.1) is 10.8 Å². The first-order chi connectivity index (χ1) is 10.00. The van der Waals surface area contributed by atoms with Crippen molar-refractivity contribution >= 4 is 81.4 Å². The standard InChI is InChI=1S/C12H10Cl6N2O2/c13-11(14,15)9(19)21-5-7-1-2-8(4-3-7)6-22-10(20)12(16,17)18/h1-4,19-20H,5-6H2. The number of rotatable bonds is 4. The first-order valence-corrected chi connectivity index (χ1v) is 7.92. The van der Waals surface area contributed by atoms with Crippen LogP contribution in [0.15, 0.2) is 24.3 Å². The van der Waals surface area contributed by atoms with E-state index >= 15 is 0 Å². The van der Waals surface area contributed by atoms with Crippen molar-refractivity contribution in [3.8, 4) is 0 Å². The molecular weight excluding hydrogens is 417 g/mol. The van der Waals surface area contributed by atoms with E-state index in [1.54, 1.807) is 24.3 Å². The van der Waals surface area contributed by atoms with Gasteiger partial charge in [0.05, 0.1) is 0 Å². The third kappa shape index (κ3) is 6.99. The lowest BCUT2D eigenvalue weighted by atomic mass is 10.1. The topological polar surface area (TPSA) is 66.2 Å². The number of halogens is 6. The number of ether oxygens (including phenoxy) is 2. The number of alkyl halides is 6. The van der Waals surface area contributed by atoms with E-state index in [9.17, 15) is 0 Å². The lowest BCUT2D eigenvalue weighted by molar-refractivity contribution is 0.280. The zero-order valence-electron chi connectivity index (χ0n) is 10.8. The molecule has 22 heavy (non-hydrogen) atoms. The van der Waals surface area contributed by atoms with Gasteiger partial charge in [-0.05, 0) is 11.1 Å². The Morgan fingerprint density at radius 2 is 1.00 bits per heavy atom. The number of nitrogens with one attached hydrogen (secondary N) is 2. The zero-order valence-corrected chi connectivity index (χ0v) is 15.3. The van der Waals surface area contributed by atoms with Crippen molar-refractivity contribution < 1.29 is 9.47 Å². The highest BCUT2D eigenvalue weighted by atomic mass is 35.6. The van der Waals surface area contributed by atoms with Gasteiger partial charge in [0, 0.05) is 0 Å². The summed E-state index contributed by atoms with van der Waals surface area (Å²) in [6.07, 6.45) is 0. The fourth-order valence-corrected chi connectivity index (χ4v) is 1.53. The van der Waals surface area contributed by atoms with Gasteiger partial charge >= 0.3 is 0 Å². The molecule has 0 aliphatic carbocycles. The Balaban J connectivity index is 2.50. The second-order valence-corrected chi connectivity index (χ2v) is 8.61. The molecule has 10 heteroatoms. The Morgan fingerprint density at radius 1 is 0.727 bits per heavy atom. The average molecular weight is 427 g/mol. The third-order valence-corrected chi connectivity index (χ3v) is 3.33. The molecule has 0 atom stereocenters. The van der Waals surface area contributed by atoms with Gasteiger partial charge in [-0.2, -0.15) is 0 Å². The molecule has 4 nitrogen and oxygen atoms in total. The smallest absolute Gasteiger partial charge is 0.265 e. The average Bonchev–Trinajstić information content (AvgIpc) is 2.41. The molecule has 0 fully saturated rings. The van der Waals surface area contributed by atoms with Gasteiger partial charge in [0.25, 0.3) is 7.59 Å². The van der Waals surface area contributed by atoms with E-state index in [-0.39, 0.29) is 13.2 Å². The molecule has 1 aromatic carbocycles. The minimum Gasteiger partial charge on any atom is -0.473 e. The summed E-state index contributed by atoms with van der Waals surface area (Å²) in [6, 6.07) is 6.96. The van der Waals surface area contributed by atoms with Gasteiger partial charge in [-0.3, -0.25) is 10.8 Å². The lowest BCUT2D eigenvalue weighted by Gasteiger charge is -2.14. The van der Waals surface area contributed by atoms with E-state index in [0.717, 1.165) is 11.1 Å². The van der Waals surface area contributed by atoms with E-state index in [1.165, 1.54) is 0 Å². The van der Waals surface area contributed by atoms with Crippen LogP contribution in [-0.2, 0) is 22.7 Å². The van der Waals surface area contributed by atoms with Crippen molar-refractivity contribution in [2.45, 2.75) is 20.8 Å². The molecule has 0 heterocycles. The van der Waals surface area contributed by atoms with Crippen molar-refractivity contribution in [3.05, 3.63) is 35.4 Å². The van der Waals surface area contributed by atoms with E-state index in [4.69, 9.17) is 89.9 Å². The summed E-state index contributed by atoms with van der Waals surface area (Å²) in [5, 5.41) is 14.8. The van der Waals surface area contributed by atoms with Gasteiger partial charge < -0.3 is 9.47 Å². The van der Waals surface area contributed by atoms with E-state index in [1.807, 2.05) is 0 Å². The monoisotopic (exact) mass is 424 g/mol. The van der Waals surface area contributed by atoms with E-state index in [0.29, 0.717) is 0 Å². The van der Waals surface area contributed by atoms with Gasteiger partial charge in [0.15, 0.2) is 0 Å². The summed E-state index contributed by atoms with van der Waals surface area (Å²) in [5.41, 5.74) is 1.53. The highest BCUT2D eigenvalue weighted by molar-refractivity contribution is 6.76. The molecule has 0 aliphatic rings. The molecule has 1 aromatic rings. The Hall–Kier alpha value is -0.1000. The highest BCUT2D eigenvalue weighted by Gasteiger charge is 2.29. The second-order valence-electron chi connectivity index (χ2n) is 4.05. The lowest BCUT2D eigenvalue weighted by Crippen LogP contribution is -2.21. The fraction of sp³-hybridized carbons (Fsp3) is 0.333. The van der Waals surface area contributed by atoms with Crippen LogP contribution in [0.3, 0.4) is 0 Å².